The summed E-state index contributed by atoms with van der Waals surface area (Å²) in [6.45, 7) is 2.49. The van der Waals surface area contributed by atoms with Crippen LogP contribution in [0, 0.1) is 0 Å². The van der Waals surface area contributed by atoms with Crippen molar-refractivity contribution in [1.29, 1.82) is 0 Å². The number of ether oxygens (including phenoxy) is 3. The maximum Gasteiger partial charge on any atom is 0.341 e. The molecule has 1 amide bonds. The minimum absolute atomic E-state index is 0.393. The lowest BCUT2D eigenvalue weighted by Gasteiger charge is -2.19. The Balaban J connectivity index is 1.42. The summed E-state index contributed by atoms with van der Waals surface area (Å²) in [5.41, 5.74) is 1.77. The second-order valence-electron chi connectivity index (χ2n) is 6.14. The number of aromatic amines is 1. The molecule has 3 aromatic rings. The molecule has 1 atom stereocenters. The number of hydrogen-bond donors (Lipinski definition) is 2. The lowest BCUT2D eigenvalue weighted by molar-refractivity contribution is -0.123. The maximum absolute atomic E-state index is 12.4. The third-order valence-corrected chi connectivity index (χ3v) is 4.27. The standard InChI is InChI=1S/C20H18N2O5/c1-12(27-20(24)15-11-21-16-5-3-2-4-14(15)16)19(23)22-13-6-7-17-18(10-13)26-9-8-25-17/h2-7,10-12,21H,8-9H2,1H3,(H,22,23)/t12-/m1/s1. The number of benzene rings is 2. The molecule has 0 spiro atoms. The van der Waals surface area contributed by atoms with Crippen molar-refractivity contribution in [2.24, 2.45) is 0 Å². The molecule has 0 saturated carbocycles. The van der Waals surface area contributed by atoms with Crippen LogP contribution in [0.25, 0.3) is 10.9 Å². The van der Waals surface area contributed by atoms with Gasteiger partial charge in [0.05, 0.1) is 5.56 Å². The van der Waals surface area contributed by atoms with Crippen LogP contribution in [0.3, 0.4) is 0 Å². The van der Waals surface area contributed by atoms with Gasteiger partial charge in [-0.05, 0) is 25.1 Å². The van der Waals surface area contributed by atoms with Crippen molar-refractivity contribution in [3.8, 4) is 11.5 Å². The van der Waals surface area contributed by atoms with E-state index in [0.717, 1.165) is 10.9 Å². The molecule has 7 nitrogen and oxygen atoms in total. The third kappa shape index (κ3) is 3.44. The molecule has 2 heterocycles. The van der Waals surface area contributed by atoms with Crippen LogP contribution in [0.15, 0.2) is 48.7 Å². The lowest BCUT2D eigenvalue weighted by Crippen LogP contribution is -2.30. The van der Waals surface area contributed by atoms with Crippen molar-refractivity contribution in [3.05, 3.63) is 54.2 Å². The van der Waals surface area contributed by atoms with Crippen LogP contribution < -0.4 is 14.8 Å². The van der Waals surface area contributed by atoms with E-state index in [2.05, 4.69) is 10.3 Å². The van der Waals surface area contributed by atoms with E-state index in [4.69, 9.17) is 14.2 Å². The normalized spacial score (nSPS) is 13.8. The fourth-order valence-electron chi connectivity index (χ4n) is 2.88. The van der Waals surface area contributed by atoms with E-state index in [1.807, 2.05) is 24.3 Å². The van der Waals surface area contributed by atoms with Gasteiger partial charge in [-0.3, -0.25) is 4.79 Å². The zero-order chi connectivity index (χ0) is 18.8. The van der Waals surface area contributed by atoms with Crippen molar-refractivity contribution in [2.75, 3.05) is 18.5 Å². The van der Waals surface area contributed by atoms with E-state index >= 15 is 0 Å². The number of carbonyl (C=O) groups excluding carboxylic acids is 2. The van der Waals surface area contributed by atoms with Crippen LogP contribution in [0.5, 0.6) is 11.5 Å². The van der Waals surface area contributed by atoms with E-state index in [-0.39, 0.29) is 0 Å². The highest BCUT2D eigenvalue weighted by atomic mass is 16.6. The zero-order valence-corrected chi connectivity index (χ0v) is 14.7. The van der Waals surface area contributed by atoms with Crippen LogP contribution >= 0.6 is 0 Å². The number of esters is 1. The minimum atomic E-state index is -0.959. The molecule has 2 aromatic carbocycles. The van der Waals surface area contributed by atoms with Crippen LogP contribution in [0.1, 0.15) is 17.3 Å². The van der Waals surface area contributed by atoms with E-state index in [1.165, 1.54) is 6.92 Å². The number of carbonyl (C=O) groups is 2. The first-order valence-corrected chi connectivity index (χ1v) is 8.59. The first-order chi connectivity index (χ1) is 13.1. The van der Waals surface area contributed by atoms with Crippen molar-refractivity contribution in [2.45, 2.75) is 13.0 Å². The molecule has 0 unspecified atom stereocenters. The molecule has 1 aliphatic heterocycles. The molecule has 7 heteroatoms. The number of para-hydroxylation sites is 1. The van der Waals surface area contributed by atoms with E-state index < -0.39 is 18.0 Å². The van der Waals surface area contributed by atoms with Gasteiger partial charge in [0.2, 0.25) is 0 Å². The van der Waals surface area contributed by atoms with Crippen molar-refractivity contribution in [3.63, 3.8) is 0 Å². The van der Waals surface area contributed by atoms with Gasteiger partial charge in [0, 0.05) is 28.9 Å². The molecule has 0 radical (unpaired) electrons. The van der Waals surface area contributed by atoms with E-state index in [1.54, 1.807) is 24.4 Å². The predicted molar refractivity (Wildman–Crippen MR) is 99.2 cm³/mol. The molecular weight excluding hydrogens is 348 g/mol. The van der Waals surface area contributed by atoms with Gasteiger partial charge in [-0.25, -0.2) is 4.79 Å². The number of anilines is 1. The maximum atomic E-state index is 12.4. The highest BCUT2D eigenvalue weighted by molar-refractivity contribution is 6.05. The van der Waals surface area contributed by atoms with Crippen LogP contribution in [-0.2, 0) is 9.53 Å². The summed E-state index contributed by atoms with van der Waals surface area (Å²) in [5.74, 6) is 0.220. The number of amides is 1. The van der Waals surface area contributed by atoms with Crippen molar-refractivity contribution < 1.29 is 23.8 Å². The molecule has 0 fully saturated rings. The van der Waals surface area contributed by atoms with Crippen molar-refractivity contribution in [1.82, 2.24) is 4.98 Å². The zero-order valence-electron chi connectivity index (χ0n) is 14.7. The Labute approximate surface area is 155 Å². The Morgan fingerprint density at radius 2 is 1.89 bits per heavy atom. The summed E-state index contributed by atoms with van der Waals surface area (Å²) < 4.78 is 16.3. The van der Waals surface area contributed by atoms with Crippen molar-refractivity contribution >= 4 is 28.5 Å². The Morgan fingerprint density at radius 3 is 2.74 bits per heavy atom. The van der Waals surface area contributed by atoms with Crippen LogP contribution in [0.2, 0.25) is 0 Å². The summed E-state index contributed by atoms with van der Waals surface area (Å²) in [6, 6.07) is 12.5. The quantitative estimate of drug-likeness (QED) is 0.693. The molecule has 138 valence electrons. The summed E-state index contributed by atoms with van der Waals surface area (Å²) >= 11 is 0. The molecule has 0 aliphatic carbocycles. The minimum Gasteiger partial charge on any atom is -0.486 e. The average Bonchev–Trinajstić information content (AvgIpc) is 3.12. The molecule has 0 saturated heterocycles. The first kappa shape index (κ1) is 17.0. The van der Waals surface area contributed by atoms with Gasteiger partial charge in [-0.2, -0.15) is 0 Å². The Bertz CT molecular complexity index is 1010. The van der Waals surface area contributed by atoms with Gasteiger partial charge in [0.15, 0.2) is 17.6 Å². The number of nitrogens with one attached hydrogen (secondary N) is 2. The Morgan fingerprint density at radius 1 is 1.11 bits per heavy atom. The smallest absolute Gasteiger partial charge is 0.341 e. The molecule has 1 aromatic heterocycles. The predicted octanol–water partition coefficient (Wildman–Crippen LogP) is 3.12. The number of H-pyrrole nitrogens is 1. The second-order valence-corrected chi connectivity index (χ2v) is 6.14. The third-order valence-electron chi connectivity index (χ3n) is 4.27. The monoisotopic (exact) mass is 366 g/mol. The van der Waals surface area contributed by atoms with Crippen LogP contribution in [0.4, 0.5) is 5.69 Å². The van der Waals surface area contributed by atoms with Gasteiger partial charge < -0.3 is 24.5 Å². The molecule has 27 heavy (non-hydrogen) atoms. The SMILES string of the molecule is C[C@@H](OC(=O)c1c[nH]c2ccccc12)C(=O)Nc1ccc2c(c1)OCCO2. The summed E-state index contributed by atoms with van der Waals surface area (Å²) in [7, 11) is 0. The lowest BCUT2D eigenvalue weighted by atomic mass is 10.2. The van der Waals surface area contributed by atoms with Gasteiger partial charge in [0.1, 0.15) is 13.2 Å². The Hall–Kier alpha value is -3.48. The topological polar surface area (TPSA) is 89.7 Å². The molecular formula is C20H18N2O5. The largest absolute Gasteiger partial charge is 0.486 e. The average molecular weight is 366 g/mol. The second kappa shape index (κ2) is 7.03. The summed E-state index contributed by atoms with van der Waals surface area (Å²) in [4.78, 5) is 27.8. The number of fused-ring (bicyclic) bond motifs is 2. The van der Waals surface area contributed by atoms with Gasteiger partial charge >= 0.3 is 5.97 Å². The summed E-state index contributed by atoms with van der Waals surface area (Å²) in [6.07, 6.45) is 0.623. The molecule has 1 aliphatic rings. The van der Waals surface area contributed by atoms with E-state index in [0.29, 0.717) is 36.0 Å². The number of aromatic nitrogens is 1. The van der Waals surface area contributed by atoms with Crippen LogP contribution in [-0.4, -0.2) is 36.2 Å². The number of hydrogen-bond acceptors (Lipinski definition) is 5. The highest BCUT2D eigenvalue weighted by Gasteiger charge is 2.22. The Kier molecular flexibility index (Phi) is 4.42. The first-order valence-electron chi connectivity index (χ1n) is 8.59. The molecule has 4 rings (SSSR count). The molecule has 0 bridgehead atoms. The fourth-order valence-corrected chi connectivity index (χ4v) is 2.88. The van der Waals surface area contributed by atoms with Gasteiger partial charge in [-0.1, -0.05) is 18.2 Å². The summed E-state index contributed by atoms with van der Waals surface area (Å²) in [5, 5.41) is 3.47. The van der Waals surface area contributed by atoms with Gasteiger partial charge in [-0.15, -0.1) is 0 Å². The van der Waals surface area contributed by atoms with E-state index in [9.17, 15) is 9.59 Å². The molecule has 2 N–H and O–H groups in total. The highest BCUT2D eigenvalue weighted by Crippen LogP contribution is 2.32. The van der Waals surface area contributed by atoms with Gasteiger partial charge in [0.25, 0.3) is 5.91 Å². The fraction of sp³-hybridized carbons (Fsp3) is 0.200. The number of rotatable bonds is 4.